The SMILES string of the molecule is CC(C)[C@@H](NC(=O)C=Cc1cc(Cl)cc(Cl)c1)C(=O)O. The van der Waals surface area contributed by atoms with Gasteiger partial charge in [0.1, 0.15) is 6.04 Å². The summed E-state index contributed by atoms with van der Waals surface area (Å²) < 4.78 is 0. The molecule has 0 bridgehead atoms. The Bertz CT molecular complexity index is 521. The molecule has 1 amide bonds. The summed E-state index contributed by atoms with van der Waals surface area (Å²) in [6.07, 6.45) is 2.77. The molecular weight excluding hydrogens is 301 g/mol. The topological polar surface area (TPSA) is 66.4 Å². The molecule has 1 rings (SSSR count). The van der Waals surface area contributed by atoms with Crippen molar-refractivity contribution in [2.75, 3.05) is 0 Å². The van der Waals surface area contributed by atoms with Crippen LogP contribution in [0.3, 0.4) is 0 Å². The second-order valence-electron chi connectivity index (χ2n) is 4.60. The third-order valence-electron chi connectivity index (χ3n) is 2.54. The van der Waals surface area contributed by atoms with Crippen molar-refractivity contribution in [1.29, 1.82) is 0 Å². The Kier molecular flexibility index (Phi) is 6.05. The summed E-state index contributed by atoms with van der Waals surface area (Å²) >= 11 is 11.7. The molecule has 0 spiro atoms. The van der Waals surface area contributed by atoms with Gasteiger partial charge >= 0.3 is 5.97 Å². The number of rotatable bonds is 5. The van der Waals surface area contributed by atoms with Gasteiger partial charge in [-0.05, 0) is 35.8 Å². The molecule has 0 unspecified atom stereocenters. The van der Waals surface area contributed by atoms with Crippen molar-refractivity contribution in [2.45, 2.75) is 19.9 Å². The standard InChI is InChI=1S/C14H15Cl2NO3/c1-8(2)13(14(19)20)17-12(18)4-3-9-5-10(15)7-11(16)6-9/h3-8,13H,1-2H3,(H,17,18)(H,19,20)/t13-/m1/s1. The van der Waals surface area contributed by atoms with Gasteiger partial charge in [0, 0.05) is 16.1 Å². The molecule has 2 N–H and O–H groups in total. The summed E-state index contributed by atoms with van der Waals surface area (Å²) in [6, 6.07) is 3.96. The van der Waals surface area contributed by atoms with E-state index in [1.165, 1.54) is 12.2 Å². The highest BCUT2D eigenvalue weighted by molar-refractivity contribution is 6.34. The van der Waals surface area contributed by atoms with E-state index in [9.17, 15) is 9.59 Å². The molecular formula is C14H15Cl2NO3. The number of benzene rings is 1. The molecule has 0 aliphatic rings. The molecule has 1 atom stereocenters. The number of carbonyl (C=O) groups is 2. The van der Waals surface area contributed by atoms with Gasteiger partial charge < -0.3 is 10.4 Å². The molecule has 4 nitrogen and oxygen atoms in total. The summed E-state index contributed by atoms with van der Waals surface area (Å²) in [7, 11) is 0. The Labute approximate surface area is 127 Å². The first kappa shape index (κ1) is 16.5. The summed E-state index contributed by atoms with van der Waals surface area (Å²) in [6.45, 7) is 3.44. The second kappa shape index (κ2) is 7.31. The van der Waals surface area contributed by atoms with Crippen LogP contribution >= 0.6 is 23.2 Å². The van der Waals surface area contributed by atoms with Crippen LogP contribution in [0, 0.1) is 5.92 Å². The molecule has 0 aliphatic heterocycles. The Hall–Kier alpha value is -1.52. The fourth-order valence-electron chi connectivity index (χ4n) is 1.56. The number of halogens is 2. The zero-order valence-electron chi connectivity index (χ0n) is 11.1. The third-order valence-corrected chi connectivity index (χ3v) is 2.98. The van der Waals surface area contributed by atoms with Gasteiger partial charge in [-0.1, -0.05) is 37.0 Å². The van der Waals surface area contributed by atoms with Crippen LogP contribution in [0.5, 0.6) is 0 Å². The lowest BCUT2D eigenvalue weighted by Gasteiger charge is -2.16. The Balaban J connectivity index is 2.74. The molecule has 0 fully saturated rings. The maximum atomic E-state index is 11.7. The van der Waals surface area contributed by atoms with E-state index in [1.54, 1.807) is 32.0 Å². The highest BCUT2D eigenvalue weighted by Crippen LogP contribution is 2.19. The van der Waals surface area contributed by atoms with Gasteiger partial charge in [-0.15, -0.1) is 0 Å². The normalized spacial score (nSPS) is 12.7. The molecule has 0 heterocycles. The molecule has 108 valence electrons. The molecule has 0 aliphatic carbocycles. The van der Waals surface area contributed by atoms with Crippen molar-refractivity contribution < 1.29 is 14.7 Å². The van der Waals surface area contributed by atoms with Gasteiger partial charge in [0.05, 0.1) is 0 Å². The monoisotopic (exact) mass is 315 g/mol. The molecule has 0 radical (unpaired) electrons. The van der Waals surface area contributed by atoms with Crippen molar-refractivity contribution in [1.82, 2.24) is 5.32 Å². The van der Waals surface area contributed by atoms with E-state index in [1.807, 2.05) is 0 Å². The largest absolute Gasteiger partial charge is 0.480 e. The smallest absolute Gasteiger partial charge is 0.326 e. The average molecular weight is 316 g/mol. The molecule has 0 saturated carbocycles. The fraction of sp³-hybridized carbons (Fsp3) is 0.286. The number of aliphatic carboxylic acids is 1. The molecule has 0 aromatic heterocycles. The van der Waals surface area contributed by atoms with Crippen LogP contribution in [0.1, 0.15) is 19.4 Å². The van der Waals surface area contributed by atoms with Gasteiger partial charge in [0.2, 0.25) is 5.91 Å². The number of hydrogen-bond donors (Lipinski definition) is 2. The Morgan fingerprint density at radius 2 is 1.75 bits per heavy atom. The van der Waals surface area contributed by atoms with Crippen molar-refractivity contribution in [2.24, 2.45) is 5.92 Å². The van der Waals surface area contributed by atoms with Crippen molar-refractivity contribution in [3.63, 3.8) is 0 Å². The Morgan fingerprint density at radius 3 is 2.20 bits per heavy atom. The van der Waals surface area contributed by atoms with Gasteiger partial charge in [0.25, 0.3) is 0 Å². The number of carboxylic acid groups (broad SMARTS) is 1. The number of carboxylic acids is 1. The van der Waals surface area contributed by atoms with E-state index in [0.717, 1.165) is 0 Å². The van der Waals surface area contributed by atoms with Crippen molar-refractivity contribution in [3.8, 4) is 0 Å². The maximum Gasteiger partial charge on any atom is 0.326 e. The summed E-state index contributed by atoms with van der Waals surface area (Å²) in [5.74, 6) is -1.75. The van der Waals surface area contributed by atoms with Crippen LogP contribution in [0.2, 0.25) is 10.0 Å². The first-order chi connectivity index (χ1) is 9.29. The lowest BCUT2D eigenvalue weighted by Crippen LogP contribution is -2.43. The molecule has 6 heteroatoms. The van der Waals surface area contributed by atoms with Gasteiger partial charge in [-0.2, -0.15) is 0 Å². The maximum absolute atomic E-state index is 11.7. The van der Waals surface area contributed by atoms with Crippen molar-refractivity contribution >= 4 is 41.2 Å². The number of amides is 1. The van der Waals surface area contributed by atoms with E-state index in [2.05, 4.69) is 5.32 Å². The van der Waals surface area contributed by atoms with Gasteiger partial charge in [0.15, 0.2) is 0 Å². The molecule has 1 aromatic carbocycles. The first-order valence-electron chi connectivity index (χ1n) is 5.97. The third kappa shape index (κ3) is 5.23. The van der Waals surface area contributed by atoms with Crippen LogP contribution in [-0.4, -0.2) is 23.0 Å². The van der Waals surface area contributed by atoms with E-state index in [4.69, 9.17) is 28.3 Å². The highest BCUT2D eigenvalue weighted by atomic mass is 35.5. The zero-order chi connectivity index (χ0) is 15.3. The predicted octanol–water partition coefficient (Wildman–Crippen LogP) is 3.23. The quantitative estimate of drug-likeness (QED) is 0.820. The van der Waals surface area contributed by atoms with E-state index in [0.29, 0.717) is 15.6 Å². The average Bonchev–Trinajstić information content (AvgIpc) is 2.31. The predicted molar refractivity (Wildman–Crippen MR) is 79.9 cm³/mol. The van der Waals surface area contributed by atoms with Gasteiger partial charge in [-0.25, -0.2) is 4.79 Å². The van der Waals surface area contributed by atoms with Crippen LogP contribution < -0.4 is 5.32 Å². The number of nitrogens with one attached hydrogen (secondary N) is 1. The van der Waals surface area contributed by atoms with E-state index < -0.39 is 17.9 Å². The van der Waals surface area contributed by atoms with Crippen molar-refractivity contribution in [3.05, 3.63) is 39.9 Å². The lowest BCUT2D eigenvalue weighted by atomic mass is 10.0. The highest BCUT2D eigenvalue weighted by Gasteiger charge is 2.22. The molecule has 1 aromatic rings. The Morgan fingerprint density at radius 1 is 1.20 bits per heavy atom. The lowest BCUT2D eigenvalue weighted by molar-refractivity contribution is -0.142. The summed E-state index contributed by atoms with van der Waals surface area (Å²) in [5, 5.41) is 12.3. The van der Waals surface area contributed by atoms with E-state index >= 15 is 0 Å². The number of hydrogen-bond acceptors (Lipinski definition) is 2. The summed E-state index contributed by atoms with van der Waals surface area (Å²) in [5.41, 5.74) is 0.661. The second-order valence-corrected chi connectivity index (χ2v) is 5.48. The van der Waals surface area contributed by atoms with Crippen LogP contribution in [0.25, 0.3) is 6.08 Å². The molecule has 20 heavy (non-hydrogen) atoms. The fourth-order valence-corrected chi connectivity index (χ4v) is 2.10. The van der Waals surface area contributed by atoms with Crippen LogP contribution in [0.15, 0.2) is 24.3 Å². The number of carbonyl (C=O) groups excluding carboxylic acids is 1. The van der Waals surface area contributed by atoms with Gasteiger partial charge in [-0.3, -0.25) is 4.79 Å². The van der Waals surface area contributed by atoms with Crippen LogP contribution in [0.4, 0.5) is 0 Å². The zero-order valence-corrected chi connectivity index (χ0v) is 12.6. The van der Waals surface area contributed by atoms with Crippen LogP contribution in [-0.2, 0) is 9.59 Å². The van der Waals surface area contributed by atoms with E-state index in [-0.39, 0.29) is 5.92 Å². The molecule has 0 saturated heterocycles. The minimum Gasteiger partial charge on any atom is -0.480 e. The summed E-state index contributed by atoms with van der Waals surface area (Å²) in [4.78, 5) is 22.6. The first-order valence-corrected chi connectivity index (χ1v) is 6.72. The minimum atomic E-state index is -1.06. The minimum absolute atomic E-state index is 0.203.